The third-order valence-corrected chi connectivity index (χ3v) is 5.53. The second-order valence-corrected chi connectivity index (χ2v) is 8.44. The van der Waals surface area contributed by atoms with Crippen LogP contribution in [0.5, 0.6) is 17.2 Å². The summed E-state index contributed by atoms with van der Waals surface area (Å²) in [7, 11) is 0. The number of carbonyl (C=O) groups is 2. The van der Waals surface area contributed by atoms with Crippen molar-refractivity contribution in [2.45, 2.75) is 40.5 Å². The second kappa shape index (κ2) is 12.8. The average molecular weight is 530 g/mol. The van der Waals surface area contributed by atoms with Gasteiger partial charge in [0.25, 0.3) is 0 Å². The number of carbonyl (C=O) groups excluding carboxylic acids is 2. The van der Waals surface area contributed by atoms with E-state index in [1.165, 1.54) is 12.1 Å². The van der Waals surface area contributed by atoms with E-state index in [9.17, 15) is 14.9 Å². The quantitative estimate of drug-likeness (QED) is 0.168. The molecule has 0 aliphatic rings. The van der Waals surface area contributed by atoms with Gasteiger partial charge in [-0.25, -0.2) is 9.59 Å². The molecule has 0 heterocycles. The van der Waals surface area contributed by atoms with Crippen LogP contribution < -0.4 is 14.2 Å². The lowest BCUT2D eigenvalue weighted by Crippen LogP contribution is -2.19. The summed E-state index contributed by atoms with van der Waals surface area (Å²) in [5.74, 6) is 0.0388. The average Bonchev–Trinajstić information content (AvgIpc) is 2.79. The molecule has 0 saturated carbocycles. The number of nitrogens with zero attached hydrogens (tertiary/aromatic N) is 1. The van der Waals surface area contributed by atoms with E-state index in [2.05, 4.69) is 15.9 Å². The Kier molecular flexibility index (Phi) is 10.1. The molecule has 2 aromatic rings. The largest absolute Gasteiger partial charge is 0.490 e. The molecular formula is C26H28BrNO6. The highest BCUT2D eigenvalue weighted by molar-refractivity contribution is 9.10. The van der Waals surface area contributed by atoms with Gasteiger partial charge in [-0.05, 0) is 73.7 Å². The molecule has 0 N–H and O–H groups in total. The van der Waals surface area contributed by atoms with Crippen molar-refractivity contribution in [2.24, 2.45) is 0 Å². The highest BCUT2D eigenvalue weighted by atomic mass is 79.9. The van der Waals surface area contributed by atoms with Gasteiger partial charge in [0.15, 0.2) is 18.1 Å². The highest BCUT2D eigenvalue weighted by Gasteiger charge is 2.16. The standard InChI is InChI=1S/C26H28BrNO6/c1-6-31-24-12-18(11-19(14-28)26(30)32-7-2)8-9-22(24)34-25(29)15-33-23-10-17(5)21(27)13-20(23)16(3)4/h8-13,16H,6-7,15H2,1-5H3/b19-11+. The number of esters is 2. The Hall–Kier alpha value is -3.31. The summed E-state index contributed by atoms with van der Waals surface area (Å²) in [5.41, 5.74) is 2.35. The van der Waals surface area contributed by atoms with E-state index in [1.807, 2.05) is 39.0 Å². The SMILES string of the molecule is CCOC(=O)/C(C#N)=C/c1ccc(OC(=O)COc2cc(C)c(Br)cc2C(C)C)c(OCC)c1. The minimum absolute atomic E-state index is 0.145. The Balaban J connectivity index is 2.19. The molecule has 0 aliphatic carbocycles. The Bertz CT molecular complexity index is 1120. The predicted octanol–water partition coefficient (Wildman–Crippen LogP) is 5.73. The van der Waals surface area contributed by atoms with Crippen LogP contribution in [0.15, 0.2) is 40.4 Å². The maximum atomic E-state index is 12.5. The number of hydrogen-bond acceptors (Lipinski definition) is 7. The van der Waals surface area contributed by atoms with Crippen LogP contribution in [0.2, 0.25) is 0 Å². The van der Waals surface area contributed by atoms with Crippen LogP contribution in [0.1, 0.15) is 50.3 Å². The molecule has 0 aromatic heterocycles. The molecule has 0 saturated heterocycles. The van der Waals surface area contributed by atoms with E-state index in [0.717, 1.165) is 15.6 Å². The number of aryl methyl sites for hydroxylation is 1. The van der Waals surface area contributed by atoms with Gasteiger partial charge in [-0.15, -0.1) is 0 Å². The Morgan fingerprint density at radius 3 is 2.41 bits per heavy atom. The van der Waals surface area contributed by atoms with Crippen molar-refractivity contribution in [1.82, 2.24) is 0 Å². The number of rotatable bonds is 10. The van der Waals surface area contributed by atoms with Gasteiger partial charge < -0.3 is 18.9 Å². The zero-order valence-corrected chi connectivity index (χ0v) is 21.5. The first kappa shape index (κ1) is 26.9. The van der Waals surface area contributed by atoms with Crippen LogP contribution in [0.3, 0.4) is 0 Å². The summed E-state index contributed by atoms with van der Waals surface area (Å²) in [5, 5.41) is 9.23. The fourth-order valence-electron chi connectivity index (χ4n) is 3.01. The number of benzene rings is 2. The van der Waals surface area contributed by atoms with E-state index >= 15 is 0 Å². The van der Waals surface area contributed by atoms with E-state index in [4.69, 9.17) is 18.9 Å². The molecule has 0 fully saturated rings. The summed E-state index contributed by atoms with van der Waals surface area (Å²) in [6.45, 7) is 9.70. The molecule has 0 radical (unpaired) electrons. The van der Waals surface area contributed by atoms with Crippen LogP contribution in [0.4, 0.5) is 0 Å². The number of hydrogen-bond donors (Lipinski definition) is 0. The smallest absolute Gasteiger partial charge is 0.349 e. The van der Waals surface area contributed by atoms with Crippen molar-refractivity contribution in [3.63, 3.8) is 0 Å². The van der Waals surface area contributed by atoms with Crippen molar-refractivity contribution >= 4 is 33.9 Å². The monoisotopic (exact) mass is 529 g/mol. The summed E-state index contributed by atoms with van der Waals surface area (Å²) >= 11 is 3.53. The zero-order valence-electron chi connectivity index (χ0n) is 19.9. The summed E-state index contributed by atoms with van der Waals surface area (Å²) < 4.78 is 22.7. The van der Waals surface area contributed by atoms with Crippen molar-refractivity contribution < 1.29 is 28.5 Å². The van der Waals surface area contributed by atoms with Crippen LogP contribution in [0.25, 0.3) is 6.08 Å². The van der Waals surface area contributed by atoms with Gasteiger partial charge in [-0.2, -0.15) is 5.26 Å². The number of nitriles is 1. The van der Waals surface area contributed by atoms with Crippen molar-refractivity contribution in [2.75, 3.05) is 19.8 Å². The first-order chi connectivity index (χ1) is 16.2. The van der Waals surface area contributed by atoms with Crippen molar-refractivity contribution in [3.05, 3.63) is 57.1 Å². The molecule has 34 heavy (non-hydrogen) atoms. The van der Waals surface area contributed by atoms with Gasteiger partial charge in [0.2, 0.25) is 0 Å². The summed E-state index contributed by atoms with van der Waals surface area (Å²) in [6, 6.07) is 10.4. The van der Waals surface area contributed by atoms with Gasteiger partial charge >= 0.3 is 11.9 Å². The molecule has 0 bridgehead atoms. The van der Waals surface area contributed by atoms with Gasteiger partial charge in [0, 0.05) is 4.47 Å². The third-order valence-electron chi connectivity index (χ3n) is 4.68. The minimum Gasteiger partial charge on any atom is -0.490 e. The van der Waals surface area contributed by atoms with Crippen LogP contribution >= 0.6 is 15.9 Å². The highest BCUT2D eigenvalue weighted by Crippen LogP contribution is 2.33. The molecule has 0 amide bonds. The molecule has 0 unspecified atom stereocenters. The van der Waals surface area contributed by atoms with Crippen LogP contribution in [0, 0.1) is 18.3 Å². The molecule has 2 aromatic carbocycles. The lowest BCUT2D eigenvalue weighted by molar-refractivity contribution is -0.138. The second-order valence-electron chi connectivity index (χ2n) is 7.59. The fourth-order valence-corrected chi connectivity index (χ4v) is 3.38. The van der Waals surface area contributed by atoms with E-state index in [0.29, 0.717) is 23.7 Å². The van der Waals surface area contributed by atoms with E-state index in [1.54, 1.807) is 26.0 Å². The molecule has 0 spiro atoms. The van der Waals surface area contributed by atoms with Gasteiger partial charge in [0.1, 0.15) is 17.4 Å². The Labute approximate surface area is 208 Å². The third kappa shape index (κ3) is 7.35. The lowest BCUT2D eigenvalue weighted by atomic mass is 10.0. The maximum absolute atomic E-state index is 12.5. The predicted molar refractivity (Wildman–Crippen MR) is 132 cm³/mol. The molecule has 7 nitrogen and oxygen atoms in total. The summed E-state index contributed by atoms with van der Waals surface area (Å²) in [6.07, 6.45) is 1.39. The first-order valence-corrected chi connectivity index (χ1v) is 11.7. The zero-order chi connectivity index (χ0) is 25.3. The normalized spacial score (nSPS) is 11.1. The number of ether oxygens (including phenoxy) is 4. The minimum atomic E-state index is -0.709. The van der Waals surface area contributed by atoms with E-state index in [-0.39, 0.29) is 30.5 Å². The van der Waals surface area contributed by atoms with Crippen molar-refractivity contribution in [3.8, 4) is 23.3 Å². The fraction of sp³-hybridized carbons (Fsp3) is 0.346. The first-order valence-electron chi connectivity index (χ1n) is 10.9. The molecule has 8 heteroatoms. The maximum Gasteiger partial charge on any atom is 0.349 e. The van der Waals surface area contributed by atoms with Gasteiger partial charge in [-0.1, -0.05) is 35.8 Å². The van der Waals surface area contributed by atoms with Crippen LogP contribution in [-0.2, 0) is 14.3 Å². The Morgan fingerprint density at radius 1 is 1.06 bits per heavy atom. The van der Waals surface area contributed by atoms with Crippen molar-refractivity contribution in [1.29, 1.82) is 5.26 Å². The molecule has 0 atom stereocenters. The molecule has 2 rings (SSSR count). The van der Waals surface area contributed by atoms with E-state index < -0.39 is 11.9 Å². The summed E-state index contributed by atoms with van der Waals surface area (Å²) in [4.78, 5) is 24.4. The van der Waals surface area contributed by atoms with Crippen LogP contribution in [-0.4, -0.2) is 31.8 Å². The topological polar surface area (TPSA) is 94.9 Å². The lowest BCUT2D eigenvalue weighted by Gasteiger charge is -2.16. The molecule has 0 aliphatic heterocycles. The van der Waals surface area contributed by atoms with Gasteiger partial charge in [0.05, 0.1) is 13.2 Å². The molecule has 180 valence electrons. The number of halogens is 1. The Morgan fingerprint density at radius 2 is 1.79 bits per heavy atom. The van der Waals surface area contributed by atoms with Gasteiger partial charge in [-0.3, -0.25) is 0 Å². The molecular weight excluding hydrogens is 502 g/mol.